The molecule has 2 aromatic rings. The van der Waals surface area contributed by atoms with Crippen molar-refractivity contribution in [3.63, 3.8) is 0 Å². The molecule has 0 radical (unpaired) electrons. The van der Waals surface area contributed by atoms with Crippen LogP contribution in [0.1, 0.15) is 28.8 Å². The Morgan fingerprint density at radius 3 is 2.48 bits per heavy atom. The lowest BCUT2D eigenvalue weighted by atomic mass is 10.0. The van der Waals surface area contributed by atoms with E-state index in [9.17, 15) is 14.4 Å². The van der Waals surface area contributed by atoms with Crippen LogP contribution < -0.4 is 5.32 Å². The lowest BCUT2D eigenvalue weighted by molar-refractivity contribution is -0.143. The summed E-state index contributed by atoms with van der Waals surface area (Å²) in [5.74, 6) is -0.769. The summed E-state index contributed by atoms with van der Waals surface area (Å²) in [7, 11) is 1.22. The topological polar surface area (TPSA) is 81.7 Å². The second-order valence-electron chi connectivity index (χ2n) is 5.75. The molecule has 27 heavy (non-hydrogen) atoms. The molecule has 1 N–H and O–H groups in total. The Hall–Kier alpha value is -2.86. The number of ether oxygens (including phenoxy) is 2. The Bertz CT molecular complexity index is 794. The first-order chi connectivity index (χ1) is 13.0. The Morgan fingerprint density at radius 2 is 1.81 bits per heavy atom. The van der Waals surface area contributed by atoms with Crippen LogP contribution in [-0.2, 0) is 20.9 Å². The Kier molecular flexibility index (Phi) is 7.82. The van der Waals surface area contributed by atoms with Gasteiger partial charge in [-0.25, -0.2) is 9.59 Å². The van der Waals surface area contributed by atoms with Gasteiger partial charge in [-0.2, -0.15) is 0 Å². The second-order valence-corrected chi connectivity index (χ2v) is 6.19. The highest BCUT2D eigenvalue weighted by molar-refractivity contribution is 6.30. The number of esters is 1. The third-order valence-corrected chi connectivity index (χ3v) is 4.03. The van der Waals surface area contributed by atoms with E-state index in [2.05, 4.69) is 5.32 Å². The van der Waals surface area contributed by atoms with Gasteiger partial charge in [0.25, 0.3) is 0 Å². The number of hydrogen-bond donors (Lipinski definition) is 1. The summed E-state index contributed by atoms with van der Waals surface area (Å²) in [6, 6.07) is 14.6. The van der Waals surface area contributed by atoms with Gasteiger partial charge in [-0.3, -0.25) is 4.79 Å². The van der Waals surface area contributed by atoms with E-state index in [4.69, 9.17) is 21.1 Å². The molecule has 142 valence electrons. The number of nitrogens with one attached hydrogen (secondary N) is 1. The predicted molar refractivity (Wildman–Crippen MR) is 101 cm³/mol. The molecule has 0 spiro atoms. The molecule has 0 saturated carbocycles. The fourth-order valence-electron chi connectivity index (χ4n) is 2.39. The molecule has 0 aliphatic rings. The van der Waals surface area contributed by atoms with E-state index in [0.29, 0.717) is 16.1 Å². The number of benzene rings is 2. The van der Waals surface area contributed by atoms with Gasteiger partial charge in [0.15, 0.2) is 5.78 Å². The summed E-state index contributed by atoms with van der Waals surface area (Å²) in [5, 5.41) is 2.97. The number of carbonyl (C=O) groups is 3. The van der Waals surface area contributed by atoms with Crippen LogP contribution in [0.2, 0.25) is 5.02 Å². The first kappa shape index (κ1) is 20.5. The number of methoxy groups -OCH3 is 1. The maximum atomic E-state index is 12.2. The number of ketones is 1. The van der Waals surface area contributed by atoms with Crippen molar-refractivity contribution in [3.05, 3.63) is 70.7 Å². The molecule has 1 amide bonds. The van der Waals surface area contributed by atoms with Crippen molar-refractivity contribution in [2.75, 3.05) is 7.11 Å². The van der Waals surface area contributed by atoms with E-state index in [-0.39, 0.29) is 25.2 Å². The average Bonchev–Trinajstić information content (AvgIpc) is 2.69. The van der Waals surface area contributed by atoms with E-state index in [0.717, 1.165) is 0 Å². The zero-order chi connectivity index (χ0) is 19.6. The fourth-order valence-corrected chi connectivity index (χ4v) is 2.61. The predicted octanol–water partition coefficient (Wildman–Crippen LogP) is 3.77. The molecule has 0 fully saturated rings. The molecule has 7 heteroatoms. The summed E-state index contributed by atoms with van der Waals surface area (Å²) in [6.45, 7) is 0.00321. The molecule has 0 aliphatic heterocycles. The van der Waals surface area contributed by atoms with Crippen molar-refractivity contribution in [1.82, 2.24) is 5.32 Å². The van der Waals surface area contributed by atoms with Gasteiger partial charge in [-0.1, -0.05) is 54.1 Å². The number of Topliss-reactive ketones (excluding diaryl/α,β-unsaturated/α-hetero) is 1. The number of hydrogen-bond acceptors (Lipinski definition) is 5. The monoisotopic (exact) mass is 389 g/mol. The normalized spacial score (nSPS) is 11.3. The van der Waals surface area contributed by atoms with Crippen LogP contribution in [0.25, 0.3) is 0 Å². The molecule has 0 aromatic heterocycles. The van der Waals surface area contributed by atoms with E-state index < -0.39 is 18.1 Å². The third kappa shape index (κ3) is 6.75. The Morgan fingerprint density at radius 1 is 1.07 bits per heavy atom. The molecule has 2 aromatic carbocycles. The van der Waals surface area contributed by atoms with E-state index in [1.165, 1.54) is 7.11 Å². The standard InChI is InChI=1S/C20H20ClNO5/c1-26-19(24)17(10-11-18(23)15-7-3-2-4-8-15)22-20(25)27-13-14-6-5-9-16(21)12-14/h2-9,12,17H,10-11,13H2,1H3,(H,22,25). The highest BCUT2D eigenvalue weighted by Gasteiger charge is 2.23. The van der Waals surface area contributed by atoms with Gasteiger partial charge in [0.2, 0.25) is 0 Å². The summed E-state index contributed by atoms with van der Waals surface area (Å²) < 4.78 is 9.79. The van der Waals surface area contributed by atoms with Gasteiger partial charge >= 0.3 is 12.1 Å². The van der Waals surface area contributed by atoms with Gasteiger partial charge < -0.3 is 14.8 Å². The van der Waals surface area contributed by atoms with Crippen LogP contribution in [0.5, 0.6) is 0 Å². The van der Waals surface area contributed by atoms with Crippen molar-refractivity contribution < 1.29 is 23.9 Å². The summed E-state index contributed by atoms with van der Waals surface area (Å²) in [6.07, 6.45) is -0.595. The zero-order valence-electron chi connectivity index (χ0n) is 14.8. The molecular weight excluding hydrogens is 370 g/mol. The van der Waals surface area contributed by atoms with Crippen LogP contribution in [0.3, 0.4) is 0 Å². The van der Waals surface area contributed by atoms with Gasteiger partial charge in [0.05, 0.1) is 7.11 Å². The van der Waals surface area contributed by atoms with Gasteiger partial charge in [0, 0.05) is 17.0 Å². The van der Waals surface area contributed by atoms with Gasteiger partial charge in [-0.05, 0) is 24.1 Å². The molecule has 0 bridgehead atoms. The quantitative estimate of drug-likeness (QED) is 0.549. The van der Waals surface area contributed by atoms with Crippen molar-refractivity contribution in [3.8, 4) is 0 Å². The van der Waals surface area contributed by atoms with Crippen LogP contribution >= 0.6 is 11.6 Å². The number of carbonyl (C=O) groups excluding carboxylic acids is 3. The Labute approximate surface area is 162 Å². The van der Waals surface area contributed by atoms with Crippen molar-refractivity contribution in [2.24, 2.45) is 0 Å². The first-order valence-corrected chi connectivity index (χ1v) is 8.71. The molecule has 2 rings (SSSR count). The van der Waals surface area contributed by atoms with Crippen LogP contribution in [-0.4, -0.2) is 31.0 Å². The largest absolute Gasteiger partial charge is 0.467 e. The number of halogens is 1. The van der Waals surface area contributed by atoms with E-state index in [1.807, 2.05) is 6.07 Å². The summed E-state index contributed by atoms with van der Waals surface area (Å²) in [5.41, 5.74) is 1.26. The summed E-state index contributed by atoms with van der Waals surface area (Å²) in [4.78, 5) is 36.1. The van der Waals surface area contributed by atoms with Crippen LogP contribution in [0.15, 0.2) is 54.6 Å². The number of alkyl carbamates (subject to hydrolysis) is 1. The SMILES string of the molecule is COC(=O)C(CCC(=O)c1ccccc1)NC(=O)OCc1cccc(Cl)c1. The molecule has 6 nitrogen and oxygen atoms in total. The molecule has 0 aliphatic carbocycles. The van der Waals surface area contributed by atoms with Crippen molar-refractivity contribution >= 4 is 29.4 Å². The third-order valence-electron chi connectivity index (χ3n) is 3.79. The second kappa shape index (κ2) is 10.3. The fraction of sp³-hybridized carbons (Fsp3) is 0.250. The lowest BCUT2D eigenvalue weighted by Gasteiger charge is -2.16. The number of rotatable bonds is 8. The molecule has 0 heterocycles. The van der Waals surface area contributed by atoms with Crippen molar-refractivity contribution in [2.45, 2.75) is 25.5 Å². The van der Waals surface area contributed by atoms with E-state index >= 15 is 0 Å². The van der Waals surface area contributed by atoms with Crippen LogP contribution in [0.4, 0.5) is 4.79 Å². The smallest absolute Gasteiger partial charge is 0.408 e. The molecule has 0 saturated heterocycles. The maximum absolute atomic E-state index is 12.2. The average molecular weight is 390 g/mol. The minimum absolute atomic E-state index is 0.00321. The van der Waals surface area contributed by atoms with Crippen molar-refractivity contribution in [1.29, 1.82) is 0 Å². The van der Waals surface area contributed by atoms with Gasteiger partial charge in [0.1, 0.15) is 12.6 Å². The zero-order valence-corrected chi connectivity index (χ0v) is 15.6. The molecule has 1 unspecified atom stereocenters. The van der Waals surface area contributed by atoms with Crippen LogP contribution in [0, 0.1) is 0 Å². The number of amides is 1. The lowest BCUT2D eigenvalue weighted by Crippen LogP contribution is -2.42. The minimum atomic E-state index is -0.977. The molecule has 1 atom stereocenters. The van der Waals surface area contributed by atoms with E-state index in [1.54, 1.807) is 48.5 Å². The minimum Gasteiger partial charge on any atom is -0.467 e. The Balaban J connectivity index is 1.88. The maximum Gasteiger partial charge on any atom is 0.408 e. The summed E-state index contributed by atoms with van der Waals surface area (Å²) >= 11 is 5.88. The highest BCUT2D eigenvalue weighted by Crippen LogP contribution is 2.12. The molecular formula is C20H20ClNO5. The first-order valence-electron chi connectivity index (χ1n) is 8.33. The highest BCUT2D eigenvalue weighted by atomic mass is 35.5. The van der Waals surface area contributed by atoms with Gasteiger partial charge in [-0.15, -0.1) is 0 Å².